The molecular weight excluding hydrogens is 294 g/mol. The normalized spacial score (nSPS) is 10.1. The Hall–Kier alpha value is -2.60. The summed E-state index contributed by atoms with van der Waals surface area (Å²) in [6, 6.07) is 10.9. The predicted octanol–water partition coefficient (Wildman–Crippen LogP) is 2.96. The first kappa shape index (κ1) is 14.8. The topological polar surface area (TPSA) is 98.3 Å². The van der Waals surface area contributed by atoms with Crippen LogP contribution < -0.4 is 11.1 Å². The van der Waals surface area contributed by atoms with Gasteiger partial charge in [-0.1, -0.05) is 23.7 Å². The Kier molecular flexibility index (Phi) is 4.39. The Morgan fingerprint density at radius 1 is 1.24 bits per heavy atom. The molecule has 0 saturated heterocycles. The van der Waals surface area contributed by atoms with E-state index in [2.05, 4.69) is 5.32 Å². The smallest absolute Gasteiger partial charge is 0.271 e. The number of nitrogens with one attached hydrogen (secondary N) is 1. The summed E-state index contributed by atoms with van der Waals surface area (Å²) in [5.74, 6) is -0.490. The molecule has 0 bridgehead atoms. The van der Waals surface area contributed by atoms with Crippen LogP contribution >= 0.6 is 11.6 Å². The summed E-state index contributed by atoms with van der Waals surface area (Å²) in [7, 11) is 0. The second-order valence-electron chi connectivity index (χ2n) is 4.34. The van der Waals surface area contributed by atoms with Gasteiger partial charge in [0.2, 0.25) is 5.91 Å². The van der Waals surface area contributed by atoms with Crippen LogP contribution in [0.1, 0.15) is 15.9 Å². The lowest BCUT2D eigenvalue weighted by Crippen LogP contribution is -2.10. The van der Waals surface area contributed by atoms with Gasteiger partial charge in [0, 0.05) is 24.2 Å². The highest BCUT2D eigenvalue weighted by Gasteiger charge is 2.09. The number of nitrogens with two attached hydrogens (primary N) is 1. The van der Waals surface area contributed by atoms with Crippen molar-refractivity contribution in [3.8, 4) is 0 Å². The van der Waals surface area contributed by atoms with Crippen molar-refractivity contribution in [1.29, 1.82) is 0 Å². The van der Waals surface area contributed by atoms with Crippen molar-refractivity contribution in [3.63, 3.8) is 0 Å². The molecule has 2 rings (SSSR count). The number of hydrogen-bond acceptors (Lipinski definition) is 4. The van der Waals surface area contributed by atoms with E-state index in [0.717, 1.165) is 5.56 Å². The molecule has 0 saturated carbocycles. The molecule has 6 nitrogen and oxygen atoms in total. The number of carbonyl (C=O) groups is 1. The Morgan fingerprint density at radius 3 is 2.48 bits per heavy atom. The van der Waals surface area contributed by atoms with E-state index in [4.69, 9.17) is 17.3 Å². The molecule has 0 aromatic heterocycles. The molecule has 21 heavy (non-hydrogen) atoms. The maximum absolute atomic E-state index is 11.0. The van der Waals surface area contributed by atoms with Gasteiger partial charge in [0.15, 0.2) is 0 Å². The van der Waals surface area contributed by atoms with Gasteiger partial charge in [-0.15, -0.1) is 0 Å². The van der Waals surface area contributed by atoms with E-state index >= 15 is 0 Å². The maximum atomic E-state index is 11.0. The minimum Gasteiger partial charge on any atom is -0.380 e. The number of anilines is 1. The van der Waals surface area contributed by atoms with Crippen molar-refractivity contribution < 1.29 is 9.72 Å². The van der Waals surface area contributed by atoms with E-state index in [0.29, 0.717) is 22.8 Å². The van der Waals surface area contributed by atoms with Crippen LogP contribution in [0.5, 0.6) is 0 Å². The first-order chi connectivity index (χ1) is 9.97. The molecule has 0 radical (unpaired) electrons. The van der Waals surface area contributed by atoms with Gasteiger partial charge in [-0.05, 0) is 23.8 Å². The highest BCUT2D eigenvalue weighted by molar-refractivity contribution is 6.33. The molecule has 2 aromatic rings. The van der Waals surface area contributed by atoms with Crippen LogP contribution in [-0.2, 0) is 6.54 Å². The van der Waals surface area contributed by atoms with Gasteiger partial charge in [0.25, 0.3) is 5.69 Å². The molecule has 0 heterocycles. The third kappa shape index (κ3) is 3.70. The summed E-state index contributed by atoms with van der Waals surface area (Å²) in [6.45, 7) is 0.417. The Morgan fingerprint density at radius 2 is 1.90 bits per heavy atom. The van der Waals surface area contributed by atoms with Gasteiger partial charge >= 0.3 is 0 Å². The lowest BCUT2D eigenvalue weighted by molar-refractivity contribution is -0.384. The summed E-state index contributed by atoms with van der Waals surface area (Å²) in [5.41, 5.74) is 6.91. The molecule has 0 aliphatic heterocycles. The van der Waals surface area contributed by atoms with Crippen LogP contribution in [0.4, 0.5) is 11.4 Å². The monoisotopic (exact) mass is 305 g/mol. The van der Waals surface area contributed by atoms with E-state index in [1.807, 2.05) is 0 Å². The fourth-order valence-electron chi connectivity index (χ4n) is 1.75. The summed E-state index contributed by atoms with van der Waals surface area (Å²) < 4.78 is 0. The van der Waals surface area contributed by atoms with E-state index < -0.39 is 10.8 Å². The number of nitro groups is 1. The molecule has 7 heteroatoms. The molecule has 0 spiro atoms. The Balaban J connectivity index is 2.10. The second kappa shape index (κ2) is 6.23. The van der Waals surface area contributed by atoms with Crippen molar-refractivity contribution in [2.24, 2.45) is 5.73 Å². The fraction of sp³-hybridized carbons (Fsp3) is 0.0714. The van der Waals surface area contributed by atoms with Crippen LogP contribution in [0.25, 0.3) is 0 Å². The highest BCUT2D eigenvalue weighted by Crippen LogP contribution is 2.27. The zero-order valence-electron chi connectivity index (χ0n) is 10.9. The van der Waals surface area contributed by atoms with Crippen LogP contribution in [0.15, 0.2) is 42.5 Å². The second-order valence-corrected chi connectivity index (χ2v) is 4.74. The van der Waals surface area contributed by atoms with Crippen LogP contribution in [0, 0.1) is 10.1 Å². The zero-order valence-corrected chi connectivity index (χ0v) is 11.6. The molecule has 0 aliphatic rings. The van der Waals surface area contributed by atoms with Gasteiger partial charge < -0.3 is 11.1 Å². The lowest BCUT2D eigenvalue weighted by atomic mass is 10.1. The fourth-order valence-corrected chi connectivity index (χ4v) is 1.93. The molecule has 0 fully saturated rings. The molecule has 2 aromatic carbocycles. The quantitative estimate of drug-likeness (QED) is 0.655. The predicted molar refractivity (Wildman–Crippen MR) is 80.4 cm³/mol. The molecule has 0 aliphatic carbocycles. The van der Waals surface area contributed by atoms with E-state index in [1.54, 1.807) is 24.3 Å². The Bertz CT molecular complexity index is 686. The average Bonchev–Trinajstić information content (AvgIpc) is 2.46. The number of nitrogens with zero attached hydrogens (tertiary/aromatic N) is 1. The third-order valence-corrected chi connectivity index (χ3v) is 3.21. The number of nitro benzene ring substituents is 1. The SMILES string of the molecule is NC(=O)c1ccc(CNc2cc([N+](=O)[O-])ccc2Cl)cc1. The van der Waals surface area contributed by atoms with E-state index in [-0.39, 0.29) is 5.69 Å². The molecule has 0 unspecified atom stereocenters. The van der Waals surface area contributed by atoms with Gasteiger partial charge in [-0.25, -0.2) is 0 Å². The molecule has 108 valence electrons. The summed E-state index contributed by atoms with van der Waals surface area (Å²) in [4.78, 5) is 21.2. The highest BCUT2D eigenvalue weighted by atomic mass is 35.5. The van der Waals surface area contributed by atoms with Crippen molar-refractivity contribution in [1.82, 2.24) is 0 Å². The number of amides is 1. The number of rotatable bonds is 5. The lowest BCUT2D eigenvalue weighted by Gasteiger charge is -2.08. The van der Waals surface area contributed by atoms with Gasteiger partial charge in [-0.2, -0.15) is 0 Å². The van der Waals surface area contributed by atoms with Crippen LogP contribution in [-0.4, -0.2) is 10.8 Å². The summed E-state index contributed by atoms with van der Waals surface area (Å²) in [5, 5.41) is 14.1. The maximum Gasteiger partial charge on any atom is 0.271 e. The zero-order chi connectivity index (χ0) is 15.4. The standard InChI is InChI=1S/C14H12ClN3O3/c15-12-6-5-11(18(20)21)7-13(12)17-8-9-1-3-10(4-2-9)14(16)19/h1-7,17H,8H2,(H2,16,19). The van der Waals surface area contributed by atoms with E-state index in [1.165, 1.54) is 18.2 Å². The average molecular weight is 306 g/mol. The summed E-state index contributed by atoms with van der Waals surface area (Å²) in [6.07, 6.45) is 0. The number of non-ortho nitro benzene ring substituents is 1. The first-order valence-electron chi connectivity index (χ1n) is 6.04. The van der Waals surface area contributed by atoms with Gasteiger partial charge in [0.1, 0.15) is 0 Å². The van der Waals surface area contributed by atoms with Crippen molar-refractivity contribution in [2.45, 2.75) is 6.54 Å². The van der Waals surface area contributed by atoms with Gasteiger partial charge in [-0.3, -0.25) is 14.9 Å². The number of carbonyl (C=O) groups excluding carboxylic acids is 1. The summed E-state index contributed by atoms with van der Waals surface area (Å²) >= 11 is 5.99. The number of halogens is 1. The van der Waals surface area contributed by atoms with Crippen LogP contribution in [0.2, 0.25) is 5.02 Å². The van der Waals surface area contributed by atoms with Crippen LogP contribution in [0.3, 0.4) is 0 Å². The largest absolute Gasteiger partial charge is 0.380 e. The number of primary amides is 1. The molecule has 3 N–H and O–H groups in total. The number of benzene rings is 2. The first-order valence-corrected chi connectivity index (χ1v) is 6.42. The van der Waals surface area contributed by atoms with Crippen molar-refractivity contribution >= 4 is 28.9 Å². The van der Waals surface area contributed by atoms with Gasteiger partial charge in [0.05, 0.1) is 15.6 Å². The molecular formula is C14H12ClN3O3. The molecule has 0 atom stereocenters. The Labute approximate surface area is 125 Å². The number of hydrogen-bond donors (Lipinski definition) is 2. The van der Waals surface area contributed by atoms with Crippen molar-refractivity contribution in [3.05, 3.63) is 68.7 Å². The third-order valence-electron chi connectivity index (χ3n) is 2.88. The van der Waals surface area contributed by atoms with Crippen molar-refractivity contribution in [2.75, 3.05) is 5.32 Å². The molecule has 1 amide bonds. The van der Waals surface area contributed by atoms with E-state index in [9.17, 15) is 14.9 Å². The minimum atomic E-state index is -0.490. The minimum absolute atomic E-state index is 0.0361.